The van der Waals surface area contributed by atoms with E-state index < -0.39 is 11.8 Å². The van der Waals surface area contributed by atoms with Crippen LogP contribution in [0, 0.1) is 0 Å². The fraction of sp³-hybridized carbons (Fsp3) is 0.0400. The molecular formula is C25H18Cl2N4O3. The van der Waals surface area contributed by atoms with Gasteiger partial charge in [0.05, 0.1) is 40.3 Å². The van der Waals surface area contributed by atoms with E-state index in [0.29, 0.717) is 39.1 Å². The topological polar surface area (TPSA) is 93.2 Å². The lowest BCUT2D eigenvalue weighted by Crippen LogP contribution is -2.15. The molecule has 7 nitrogen and oxygen atoms in total. The molecule has 0 aliphatic carbocycles. The highest BCUT2D eigenvalue weighted by Gasteiger charge is 2.15. The highest BCUT2D eigenvalue weighted by atomic mass is 35.5. The second-order valence-corrected chi connectivity index (χ2v) is 7.92. The SMILES string of the molecule is COc1ccc(NC(=O)c2ccc(C(=O)Nc3ccc(Cl)c(-c4ccccn4)c3)c(Cl)c2)cn1. The Morgan fingerprint density at radius 3 is 2.29 bits per heavy atom. The summed E-state index contributed by atoms with van der Waals surface area (Å²) >= 11 is 12.6. The van der Waals surface area contributed by atoms with Crippen LogP contribution in [0.15, 0.2) is 79.1 Å². The number of amides is 2. The van der Waals surface area contributed by atoms with Crippen LogP contribution in [-0.4, -0.2) is 28.9 Å². The van der Waals surface area contributed by atoms with Crippen molar-refractivity contribution in [1.29, 1.82) is 0 Å². The van der Waals surface area contributed by atoms with Crippen molar-refractivity contribution in [3.8, 4) is 17.1 Å². The van der Waals surface area contributed by atoms with Gasteiger partial charge < -0.3 is 15.4 Å². The number of nitrogens with one attached hydrogen (secondary N) is 2. The molecule has 0 spiro atoms. The van der Waals surface area contributed by atoms with Crippen molar-refractivity contribution in [1.82, 2.24) is 9.97 Å². The number of hydrogen-bond acceptors (Lipinski definition) is 5. The average Bonchev–Trinajstić information content (AvgIpc) is 2.86. The van der Waals surface area contributed by atoms with E-state index in [2.05, 4.69) is 20.6 Å². The van der Waals surface area contributed by atoms with Gasteiger partial charge in [0.15, 0.2) is 0 Å². The predicted molar refractivity (Wildman–Crippen MR) is 133 cm³/mol. The molecule has 0 bridgehead atoms. The molecule has 0 saturated heterocycles. The third kappa shape index (κ3) is 5.33. The van der Waals surface area contributed by atoms with Gasteiger partial charge in [-0.05, 0) is 54.6 Å². The van der Waals surface area contributed by atoms with E-state index in [9.17, 15) is 9.59 Å². The molecule has 2 heterocycles. The van der Waals surface area contributed by atoms with Crippen LogP contribution >= 0.6 is 23.2 Å². The molecule has 0 aliphatic heterocycles. The molecule has 4 rings (SSSR count). The van der Waals surface area contributed by atoms with Crippen LogP contribution in [0.4, 0.5) is 11.4 Å². The summed E-state index contributed by atoms with van der Waals surface area (Å²) < 4.78 is 5.00. The van der Waals surface area contributed by atoms with E-state index >= 15 is 0 Å². The lowest BCUT2D eigenvalue weighted by atomic mass is 10.1. The Balaban J connectivity index is 1.48. The molecular weight excluding hydrogens is 475 g/mol. The van der Waals surface area contributed by atoms with E-state index in [1.54, 1.807) is 36.5 Å². The number of benzene rings is 2. The quantitative estimate of drug-likeness (QED) is 0.346. The first-order valence-corrected chi connectivity index (χ1v) is 10.8. The van der Waals surface area contributed by atoms with Gasteiger partial charge in [0.25, 0.3) is 11.8 Å². The molecule has 0 saturated carbocycles. The monoisotopic (exact) mass is 492 g/mol. The maximum atomic E-state index is 12.8. The van der Waals surface area contributed by atoms with E-state index in [-0.39, 0.29) is 10.6 Å². The lowest BCUT2D eigenvalue weighted by Gasteiger charge is -2.11. The van der Waals surface area contributed by atoms with Crippen LogP contribution in [0.2, 0.25) is 10.0 Å². The molecule has 34 heavy (non-hydrogen) atoms. The largest absolute Gasteiger partial charge is 0.481 e. The zero-order chi connectivity index (χ0) is 24.1. The first-order chi connectivity index (χ1) is 16.4. The smallest absolute Gasteiger partial charge is 0.257 e. The average molecular weight is 493 g/mol. The van der Waals surface area contributed by atoms with Crippen molar-refractivity contribution < 1.29 is 14.3 Å². The van der Waals surface area contributed by atoms with E-state index in [0.717, 1.165) is 0 Å². The number of nitrogens with zero attached hydrogens (tertiary/aromatic N) is 2. The normalized spacial score (nSPS) is 10.4. The van der Waals surface area contributed by atoms with Gasteiger partial charge in [0, 0.05) is 29.1 Å². The van der Waals surface area contributed by atoms with Crippen LogP contribution in [0.1, 0.15) is 20.7 Å². The van der Waals surface area contributed by atoms with Crippen molar-refractivity contribution in [2.45, 2.75) is 0 Å². The summed E-state index contributed by atoms with van der Waals surface area (Å²) in [5.41, 5.74) is 2.91. The van der Waals surface area contributed by atoms with Gasteiger partial charge in [-0.15, -0.1) is 0 Å². The first-order valence-electron chi connectivity index (χ1n) is 10.1. The van der Waals surface area contributed by atoms with Gasteiger partial charge in [-0.2, -0.15) is 0 Å². The molecule has 0 atom stereocenters. The molecule has 2 N–H and O–H groups in total. The fourth-order valence-corrected chi connectivity index (χ4v) is 3.62. The molecule has 170 valence electrons. The summed E-state index contributed by atoms with van der Waals surface area (Å²) in [6.07, 6.45) is 3.14. The Hall–Kier alpha value is -3.94. The van der Waals surface area contributed by atoms with Crippen molar-refractivity contribution in [3.05, 3.63) is 100 Å². The molecule has 0 unspecified atom stereocenters. The number of hydrogen-bond donors (Lipinski definition) is 2. The number of pyridine rings is 2. The van der Waals surface area contributed by atoms with Crippen LogP contribution < -0.4 is 15.4 Å². The minimum Gasteiger partial charge on any atom is -0.481 e. The van der Waals surface area contributed by atoms with E-state index in [4.69, 9.17) is 27.9 Å². The van der Waals surface area contributed by atoms with Gasteiger partial charge in [-0.25, -0.2) is 4.98 Å². The Labute approximate surface area is 205 Å². The van der Waals surface area contributed by atoms with Gasteiger partial charge in [-0.3, -0.25) is 14.6 Å². The third-order valence-electron chi connectivity index (χ3n) is 4.84. The molecule has 2 amide bonds. The van der Waals surface area contributed by atoms with Crippen molar-refractivity contribution in [2.75, 3.05) is 17.7 Å². The molecule has 0 radical (unpaired) electrons. The van der Waals surface area contributed by atoms with Gasteiger partial charge in [0.1, 0.15) is 0 Å². The minimum atomic E-state index is -0.425. The number of methoxy groups -OCH3 is 1. The van der Waals surface area contributed by atoms with Gasteiger partial charge in [-0.1, -0.05) is 29.3 Å². The zero-order valence-electron chi connectivity index (χ0n) is 17.9. The predicted octanol–water partition coefficient (Wildman–Crippen LogP) is 5.96. The Bertz CT molecular complexity index is 1350. The summed E-state index contributed by atoms with van der Waals surface area (Å²) in [5.74, 6) is -0.381. The number of anilines is 2. The van der Waals surface area contributed by atoms with Crippen molar-refractivity contribution in [3.63, 3.8) is 0 Å². The van der Waals surface area contributed by atoms with Gasteiger partial charge >= 0.3 is 0 Å². The molecule has 0 fully saturated rings. The summed E-state index contributed by atoms with van der Waals surface area (Å²) in [4.78, 5) is 33.7. The standard InChI is InChI=1S/C25H18Cl2N4O3/c1-34-23-10-7-17(14-29-23)31-24(32)15-5-8-18(21(27)12-15)25(33)30-16-6-9-20(26)19(13-16)22-4-2-3-11-28-22/h2-14H,1H3,(H,30,33)(H,31,32). The summed E-state index contributed by atoms with van der Waals surface area (Å²) in [6, 6.07) is 18.3. The maximum Gasteiger partial charge on any atom is 0.257 e. The number of carbonyl (C=O) groups is 2. The number of halogens is 2. The van der Waals surface area contributed by atoms with Gasteiger partial charge in [0.2, 0.25) is 5.88 Å². The Morgan fingerprint density at radius 1 is 0.824 bits per heavy atom. The van der Waals surface area contributed by atoms with Crippen molar-refractivity contribution in [2.24, 2.45) is 0 Å². The van der Waals surface area contributed by atoms with Crippen LogP contribution in [0.5, 0.6) is 5.88 Å². The summed E-state index contributed by atoms with van der Waals surface area (Å²) in [7, 11) is 1.51. The molecule has 2 aromatic heterocycles. The molecule has 4 aromatic rings. The lowest BCUT2D eigenvalue weighted by molar-refractivity contribution is 0.101. The summed E-state index contributed by atoms with van der Waals surface area (Å²) in [5, 5.41) is 6.17. The third-order valence-corrected chi connectivity index (χ3v) is 5.49. The second kappa shape index (κ2) is 10.3. The maximum absolute atomic E-state index is 12.8. The number of ether oxygens (including phenoxy) is 1. The highest BCUT2D eigenvalue weighted by molar-refractivity contribution is 6.35. The fourth-order valence-electron chi connectivity index (χ4n) is 3.14. The Morgan fingerprint density at radius 2 is 1.62 bits per heavy atom. The molecule has 9 heteroatoms. The zero-order valence-corrected chi connectivity index (χ0v) is 19.4. The van der Waals surface area contributed by atoms with E-state index in [1.807, 2.05) is 18.2 Å². The van der Waals surface area contributed by atoms with Crippen LogP contribution in [-0.2, 0) is 0 Å². The van der Waals surface area contributed by atoms with Crippen LogP contribution in [0.25, 0.3) is 11.3 Å². The van der Waals surface area contributed by atoms with Crippen LogP contribution in [0.3, 0.4) is 0 Å². The molecule has 2 aromatic carbocycles. The summed E-state index contributed by atoms with van der Waals surface area (Å²) in [6.45, 7) is 0. The number of carbonyl (C=O) groups excluding carboxylic acids is 2. The highest BCUT2D eigenvalue weighted by Crippen LogP contribution is 2.30. The molecule has 0 aliphatic rings. The number of aromatic nitrogens is 2. The minimum absolute atomic E-state index is 0.136. The number of rotatable bonds is 6. The first kappa shape index (κ1) is 23.2. The Kier molecular flexibility index (Phi) is 7.06. The second-order valence-electron chi connectivity index (χ2n) is 7.10. The van der Waals surface area contributed by atoms with Crippen molar-refractivity contribution >= 4 is 46.4 Å². The van der Waals surface area contributed by atoms with E-state index in [1.165, 1.54) is 31.5 Å².